The van der Waals surface area contributed by atoms with Crippen LogP contribution >= 0.6 is 0 Å². The number of aromatic nitrogens is 1. The maximum Gasteiger partial charge on any atom is 0.433 e. The molecule has 0 unspecified atom stereocenters. The first kappa shape index (κ1) is 12.0. The van der Waals surface area contributed by atoms with Gasteiger partial charge in [0.15, 0.2) is 0 Å². The molecular weight excluding hydrogens is 203 g/mol. The predicted molar refractivity (Wildman–Crippen MR) is 52.7 cm³/mol. The summed E-state index contributed by atoms with van der Waals surface area (Å²) in [6.07, 6.45) is -3.09. The zero-order valence-corrected chi connectivity index (χ0v) is 9.24. The second-order valence-electron chi connectivity index (χ2n) is 4.63. The van der Waals surface area contributed by atoms with E-state index in [0.29, 0.717) is 5.56 Å². The van der Waals surface area contributed by atoms with Gasteiger partial charge in [0.05, 0.1) is 0 Å². The van der Waals surface area contributed by atoms with E-state index in [1.54, 1.807) is 6.92 Å². The molecule has 0 aromatic carbocycles. The van der Waals surface area contributed by atoms with Crippen LogP contribution in [0.25, 0.3) is 0 Å². The van der Waals surface area contributed by atoms with E-state index in [2.05, 4.69) is 4.98 Å². The van der Waals surface area contributed by atoms with Crippen molar-refractivity contribution in [3.8, 4) is 0 Å². The molecule has 1 aromatic heterocycles. The second-order valence-corrected chi connectivity index (χ2v) is 4.63. The molecule has 0 saturated carbocycles. The van der Waals surface area contributed by atoms with Crippen LogP contribution in [0.5, 0.6) is 0 Å². The molecule has 0 spiro atoms. The van der Waals surface area contributed by atoms with E-state index in [1.165, 1.54) is 6.20 Å². The molecule has 0 bridgehead atoms. The van der Waals surface area contributed by atoms with Crippen LogP contribution in [0.15, 0.2) is 12.3 Å². The van der Waals surface area contributed by atoms with E-state index in [1.807, 2.05) is 20.8 Å². The second kappa shape index (κ2) is 3.51. The van der Waals surface area contributed by atoms with Crippen LogP contribution in [0, 0.1) is 6.92 Å². The Morgan fingerprint density at radius 2 is 1.67 bits per heavy atom. The van der Waals surface area contributed by atoms with Gasteiger partial charge in [0.25, 0.3) is 0 Å². The number of aryl methyl sites for hydroxylation is 1. The number of halogens is 3. The van der Waals surface area contributed by atoms with E-state index < -0.39 is 11.9 Å². The highest BCUT2D eigenvalue weighted by molar-refractivity contribution is 5.32. The summed E-state index contributed by atoms with van der Waals surface area (Å²) in [6, 6.07) is 1.13. The minimum Gasteiger partial charge on any atom is -0.251 e. The molecule has 1 aromatic rings. The van der Waals surface area contributed by atoms with Crippen molar-refractivity contribution in [2.75, 3.05) is 0 Å². The molecule has 84 valence electrons. The van der Waals surface area contributed by atoms with Gasteiger partial charge in [-0.15, -0.1) is 0 Å². The van der Waals surface area contributed by atoms with E-state index in [-0.39, 0.29) is 5.41 Å². The molecule has 1 rings (SSSR count). The molecule has 4 heteroatoms. The summed E-state index contributed by atoms with van der Waals surface area (Å²) in [4.78, 5) is 3.40. The lowest BCUT2D eigenvalue weighted by molar-refractivity contribution is -0.141. The largest absolute Gasteiger partial charge is 0.433 e. The van der Waals surface area contributed by atoms with Gasteiger partial charge in [0.2, 0.25) is 0 Å². The molecule has 1 heterocycles. The first-order valence-corrected chi connectivity index (χ1v) is 4.66. The topological polar surface area (TPSA) is 12.9 Å². The molecule has 0 fully saturated rings. The van der Waals surface area contributed by atoms with Crippen molar-refractivity contribution < 1.29 is 13.2 Å². The van der Waals surface area contributed by atoms with Crippen molar-refractivity contribution in [1.29, 1.82) is 0 Å². The summed E-state index contributed by atoms with van der Waals surface area (Å²) in [7, 11) is 0. The number of hydrogen-bond acceptors (Lipinski definition) is 1. The van der Waals surface area contributed by atoms with Crippen molar-refractivity contribution in [1.82, 2.24) is 4.98 Å². The standard InChI is InChI=1S/C11H14F3N/c1-7-6-15-9(11(12,13)14)5-8(7)10(2,3)4/h5-6H,1-4H3. The molecule has 0 amide bonds. The quantitative estimate of drug-likeness (QED) is 0.645. The van der Waals surface area contributed by atoms with E-state index in [0.717, 1.165) is 11.6 Å². The molecule has 0 aliphatic rings. The number of nitrogens with zero attached hydrogens (tertiary/aromatic N) is 1. The Bertz CT molecular complexity index is 361. The summed E-state index contributed by atoms with van der Waals surface area (Å²) in [5.74, 6) is 0. The van der Waals surface area contributed by atoms with Crippen LogP contribution in [0.1, 0.15) is 37.6 Å². The van der Waals surface area contributed by atoms with Crippen molar-refractivity contribution in [3.05, 3.63) is 29.1 Å². The first-order chi connectivity index (χ1) is 6.62. The van der Waals surface area contributed by atoms with Crippen LogP contribution in [0.2, 0.25) is 0 Å². The van der Waals surface area contributed by atoms with Gasteiger partial charge in [-0.2, -0.15) is 13.2 Å². The smallest absolute Gasteiger partial charge is 0.251 e. The number of rotatable bonds is 0. The van der Waals surface area contributed by atoms with Crippen LogP contribution in [-0.2, 0) is 11.6 Å². The number of alkyl halides is 3. The molecule has 15 heavy (non-hydrogen) atoms. The van der Waals surface area contributed by atoms with Crippen LogP contribution in [0.4, 0.5) is 13.2 Å². The van der Waals surface area contributed by atoms with Gasteiger partial charge in [0.1, 0.15) is 5.69 Å². The molecule has 0 saturated heterocycles. The Morgan fingerprint density at radius 3 is 2.07 bits per heavy atom. The normalized spacial score (nSPS) is 13.0. The first-order valence-electron chi connectivity index (χ1n) is 4.66. The minimum atomic E-state index is -4.37. The lowest BCUT2D eigenvalue weighted by Gasteiger charge is -2.22. The third-order valence-electron chi connectivity index (χ3n) is 2.20. The summed E-state index contributed by atoms with van der Waals surface area (Å²) >= 11 is 0. The Kier molecular flexibility index (Phi) is 2.81. The van der Waals surface area contributed by atoms with Crippen molar-refractivity contribution in [2.45, 2.75) is 39.3 Å². The predicted octanol–water partition coefficient (Wildman–Crippen LogP) is 3.71. The van der Waals surface area contributed by atoms with Gasteiger partial charge in [-0.25, -0.2) is 0 Å². The molecular formula is C11H14F3N. The van der Waals surface area contributed by atoms with Crippen molar-refractivity contribution >= 4 is 0 Å². The van der Waals surface area contributed by atoms with Gasteiger partial charge < -0.3 is 0 Å². The molecule has 0 N–H and O–H groups in total. The van der Waals surface area contributed by atoms with Crippen LogP contribution in [-0.4, -0.2) is 4.98 Å². The lowest BCUT2D eigenvalue weighted by atomic mass is 9.84. The van der Waals surface area contributed by atoms with Crippen LogP contribution < -0.4 is 0 Å². The highest BCUT2D eigenvalue weighted by atomic mass is 19.4. The Hall–Kier alpha value is -1.06. The highest BCUT2D eigenvalue weighted by Crippen LogP contribution is 2.32. The summed E-state index contributed by atoms with van der Waals surface area (Å²) in [6.45, 7) is 7.42. The molecule has 0 aliphatic carbocycles. The molecule has 0 aliphatic heterocycles. The maximum absolute atomic E-state index is 12.4. The summed E-state index contributed by atoms with van der Waals surface area (Å²) < 4.78 is 37.3. The SMILES string of the molecule is Cc1cnc(C(F)(F)F)cc1C(C)(C)C. The van der Waals surface area contributed by atoms with Gasteiger partial charge in [-0.3, -0.25) is 4.98 Å². The minimum absolute atomic E-state index is 0.299. The van der Waals surface area contributed by atoms with E-state index in [9.17, 15) is 13.2 Å². The monoisotopic (exact) mass is 217 g/mol. The maximum atomic E-state index is 12.4. The Balaban J connectivity index is 3.30. The van der Waals surface area contributed by atoms with Crippen molar-refractivity contribution in [3.63, 3.8) is 0 Å². The van der Waals surface area contributed by atoms with Gasteiger partial charge in [0, 0.05) is 6.20 Å². The average Bonchev–Trinajstić information content (AvgIpc) is 2.00. The third kappa shape index (κ3) is 2.70. The number of pyridine rings is 1. The fourth-order valence-electron chi connectivity index (χ4n) is 1.49. The summed E-state index contributed by atoms with van der Waals surface area (Å²) in [5.41, 5.74) is 0.353. The fraction of sp³-hybridized carbons (Fsp3) is 0.545. The van der Waals surface area contributed by atoms with E-state index >= 15 is 0 Å². The molecule has 0 atom stereocenters. The Labute approximate surface area is 87.3 Å². The highest BCUT2D eigenvalue weighted by Gasteiger charge is 2.33. The van der Waals surface area contributed by atoms with Crippen LogP contribution in [0.3, 0.4) is 0 Å². The molecule has 1 nitrogen and oxygen atoms in total. The van der Waals surface area contributed by atoms with Gasteiger partial charge in [-0.1, -0.05) is 20.8 Å². The summed E-state index contributed by atoms with van der Waals surface area (Å²) in [5, 5.41) is 0. The van der Waals surface area contributed by atoms with E-state index in [4.69, 9.17) is 0 Å². The fourth-order valence-corrected chi connectivity index (χ4v) is 1.49. The zero-order chi connectivity index (χ0) is 11.9. The lowest BCUT2D eigenvalue weighted by Crippen LogP contribution is -2.17. The Morgan fingerprint density at radius 1 is 1.13 bits per heavy atom. The van der Waals surface area contributed by atoms with Gasteiger partial charge >= 0.3 is 6.18 Å². The van der Waals surface area contributed by atoms with Gasteiger partial charge in [-0.05, 0) is 29.5 Å². The molecule has 0 radical (unpaired) electrons. The average molecular weight is 217 g/mol. The number of hydrogen-bond donors (Lipinski definition) is 0. The zero-order valence-electron chi connectivity index (χ0n) is 9.24. The van der Waals surface area contributed by atoms with Crippen molar-refractivity contribution in [2.24, 2.45) is 0 Å². The third-order valence-corrected chi connectivity index (χ3v) is 2.20.